The zero-order valence-electron chi connectivity index (χ0n) is 27.4. The fourth-order valence-corrected chi connectivity index (χ4v) is 13.8. The van der Waals surface area contributed by atoms with Crippen molar-refractivity contribution in [1.29, 1.82) is 0 Å². The summed E-state index contributed by atoms with van der Waals surface area (Å²) in [4.78, 5) is 15.4. The molecule has 3 aromatic heterocycles. The number of fused-ring (bicyclic) bond motifs is 3. The maximum absolute atomic E-state index is 7.29. The van der Waals surface area contributed by atoms with Crippen LogP contribution >= 0.6 is 11.3 Å². The number of aromatic nitrogens is 4. The van der Waals surface area contributed by atoms with E-state index in [-0.39, 0.29) is 33.4 Å². The summed E-state index contributed by atoms with van der Waals surface area (Å²) in [6, 6.07) is 10.6. The van der Waals surface area contributed by atoms with Crippen molar-refractivity contribution in [1.82, 2.24) is 19.5 Å². The Labute approximate surface area is 261 Å². The van der Waals surface area contributed by atoms with E-state index in [1.54, 1.807) is 17.7 Å². The molecule has 0 N–H and O–H groups in total. The Balaban J connectivity index is 1.45. The Bertz CT molecular complexity index is 1600. The number of thiophene rings is 1. The van der Waals surface area contributed by atoms with Crippen LogP contribution in [0.3, 0.4) is 0 Å². The summed E-state index contributed by atoms with van der Waals surface area (Å²) >= 11 is 1.72. The van der Waals surface area contributed by atoms with Crippen molar-refractivity contribution >= 4 is 49.5 Å². The van der Waals surface area contributed by atoms with E-state index in [1.165, 1.54) is 10.1 Å². The van der Waals surface area contributed by atoms with Crippen molar-refractivity contribution in [2.45, 2.75) is 115 Å². The van der Waals surface area contributed by atoms with Gasteiger partial charge in [0.05, 0.1) is 17.8 Å². The molecule has 4 atom stereocenters. The highest BCUT2D eigenvalue weighted by atomic mass is 32.1. The Kier molecular flexibility index (Phi) is 7.40. The first-order valence-electron chi connectivity index (χ1n) is 15.3. The van der Waals surface area contributed by atoms with Gasteiger partial charge in [-0.25, -0.2) is 15.0 Å². The van der Waals surface area contributed by atoms with Crippen molar-refractivity contribution in [3.63, 3.8) is 0 Å². The number of ether oxygens (including phenoxy) is 1. The summed E-state index contributed by atoms with van der Waals surface area (Å²) in [6.07, 6.45) is 2.13. The first-order valence-corrected chi connectivity index (χ1v) is 20.8. The van der Waals surface area contributed by atoms with Crippen LogP contribution in [0, 0.1) is 0 Å². The first kappa shape index (κ1) is 31.0. The Morgan fingerprint density at radius 3 is 2.33 bits per heavy atom. The largest absolute Gasteiger partial charge is 0.407 e. The molecule has 1 aromatic carbocycles. The van der Waals surface area contributed by atoms with Gasteiger partial charge in [-0.3, -0.25) is 4.57 Å². The number of hydrogen-bond donors (Lipinski definition) is 0. The third kappa shape index (κ3) is 5.05. The van der Waals surface area contributed by atoms with Crippen LogP contribution in [0.4, 0.5) is 0 Å². The van der Waals surface area contributed by atoms with Crippen LogP contribution in [0.25, 0.3) is 31.8 Å². The minimum absolute atomic E-state index is 0.0108. The molecule has 8 nitrogen and oxygen atoms in total. The van der Waals surface area contributed by atoms with Crippen LogP contribution in [0.1, 0.15) is 68.5 Å². The van der Waals surface area contributed by atoms with Gasteiger partial charge in [-0.15, -0.1) is 11.3 Å². The Hall–Kier alpha value is -2.00. The van der Waals surface area contributed by atoms with Crippen LogP contribution in [0.5, 0.6) is 0 Å². The summed E-state index contributed by atoms with van der Waals surface area (Å²) in [5, 5.41) is 0.910. The highest BCUT2D eigenvalue weighted by molar-refractivity contribution is 7.22. The predicted molar refractivity (Wildman–Crippen MR) is 178 cm³/mol. The fraction of sp³-hybridized carbons (Fsp3) is 0.594. The van der Waals surface area contributed by atoms with E-state index in [0.29, 0.717) is 6.61 Å². The second-order valence-corrected chi connectivity index (χ2v) is 26.2. The Morgan fingerprint density at radius 1 is 0.977 bits per heavy atom. The quantitative estimate of drug-likeness (QED) is 0.208. The molecule has 0 bridgehead atoms. The van der Waals surface area contributed by atoms with Gasteiger partial charge in [-0.05, 0) is 35.7 Å². The lowest BCUT2D eigenvalue weighted by Crippen LogP contribution is -2.66. The lowest BCUT2D eigenvalue weighted by atomic mass is 10.1. The van der Waals surface area contributed by atoms with E-state index in [4.69, 9.17) is 28.0 Å². The van der Waals surface area contributed by atoms with Gasteiger partial charge in [0.1, 0.15) is 35.8 Å². The van der Waals surface area contributed by atoms with Crippen molar-refractivity contribution in [3.05, 3.63) is 43.0 Å². The first-order chi connectivity index (χ1) is 19.9. The maximum Gasteiger partial charge on any atom is 0.349 e. The van der Waals surface area contributed by atoms with Gasteiger partial charge in [-0.1, -0.05) is 80.5 Å². The number of benzene rings is 1. The number of imidazole rings is 1. The van der Waals surface area contributed by atoms with Crippen molar-refractivity contribution in [3.8, 4) is 10.6 Å². The average Bonchev–Trinajstić information content (AvgIpc) is 3.61. The molecule has 2 aliphatic heterocycles. The zero-order valence-corrected chi connectivity index (χ0v) is 30.2. The number of nitrogens with zero attached hydrogens (tertiary/aromatic N) is 4. The van der Waals surface area contributed by atoms with Gasteiger partial charge in [0.2, 0.25) is 0 Å². The summed E-state index contributed by atoms with van der Waals surface area (Å²) < 4.78 is 31.4. The van der Waals surface area contributed by atoms with Crippen LogP contribution in [-0.2, 0) is 18.0 Å². The maximum atomic E-state index is 7.29. The molecule has 2 fully saturated rings. The molecule has 0 saturated carbocycles. The van der Waals surface area contributed by atoms with Crippen molar-refractivity contribution in [2.75, 3.05) is 6.61 Å². The normalized spacial score (nSPS) is 25.0. The second-order valence-electron chi connectivity index (χ2n) is 15.6. The lowest BCUT2D eigenvalue weighted by molar-refractivity contribution is -0.0795. The molecule has 0 spiro atoms. The van der Waals surface area contributed by atoms with Crippen LogP contribution < -0.4 is 0 Å². The monoisotopic (exact) mass is 638 g/mol. The zero-order chi connectivity index (χ0) is 31.2. The van der Waals surface area contributed by atoms with E-state index in [9.17, 15) is 0 Å². The molecule has 232 valence electrons. The highest BCUT2D eigenvalue weighted by Gasteiger charge is 2.66. The average molecular weight is 639 g/mol. The molecule has 11 heteroatoms. The molecular formula is C32H46N4O4SSi2. The molecule has 2 aliphatic rings. The second kappa shape index (κ2) is 10.3. The summed E-state index contributed by atoms with van der Waals surface area (Å²) in [5.41, 5.74) is 2.31. The van der Waals surface area contributed by atoms with Crippen LogP contribution in [0.2, 0.25) is 28.2 Å². The molecule has 0 aliphatic carbocycles. The molecule has 5 heterocycles. The summed E-state index contributed by atoms with van der Waals surface area (Å²) in [5.74, 6) is 0. The molecule has 6 rings (SSSR count). The van der Waals surface area contributed by atoms with E-state index in [0.717, 1.165) is 21.7 Å². The van der Waals surface area contributed by atoms with E-state index in [1.807, 2.05) is 10.9 Å². The number of hydrogen-bond acceptors (Lipinski definition) is 8. The standard InChI is InChI=1S/C32H46N4O4SSi2/c1-30(2,3)42(10,11)39-27-26-21(17-37-43(40-26,31(4,5)6)32(7,8)9)38-29(27)36-19-35-25-24(33-18-34-28(25)36)23-16-20-14-12-13-15-22(20)41-23/h12-16,18-19,21,26-27,29H,17H2,1-11H3/t21-,26-,27-,29-/m1/s1. The van der Waals surface area contributed by atoms with Gasteiger partial charge in [0.25, 0.3) is 0 Å². The highest BCUT2D eigenvalue weighted by Crippen LogP contribution is 2.56. The third-order valence-corrected chi connectivity index (χ3v) is 20.3. The van der Waals surface area contributed by atoms with E-state index in [2.05, 4.69) is 111 Å². The molecule has 4 aromatic rings. The minimum atomic E-state index is -2.77. The minimum Gasteiger partial charge on any atom is -0.407 e. The predicted octanol–water partition coefficient (Wildman–Crippen LogP) is 8.45. The number of rotatable bonds is 4. The van der Waals surface area contributed by atoms with Gasteiger partial charge in [0, 0.05) is 14.8 Å². The van der Waals surface area contributed by atoms with Crippen LogP contribution in [-0.4, -0.2) is 61.3 Å². The molecule has 2 saturated heterocycles. The summed E-state index contributed by atoms with van der Waals surface area (Å²) in [7, 11) is -5.00. The van der Waals surface area contributed by atoms with Gasteiger partial charge >= 0.3 is 8.56 Å². The van der Waals surface area contributed by atoms with Crippen LogP contribution in [0.15, 0.2) is 43.0 Å². The van der Waals surface area contributed by atoms with Crippen molar-refractivity contribution < 1.29 is 18.0 Å². The molecule has 0 amide bonds. The molecule has 43 heavy (non-hydrogen) atoms. The SMILES string of the molecule is CC(C)(C)[Si](C)(C)O[C@@H]1[C@@H]2O[Si](C(C)(C)C)(C(C)(C)C)OC[C@H]2O[C@H]1n1cnc2c(-c3cc4ccccc4s3)ncnc21. The molecule has 0 radical (unpaired) electrons. The van der Waals surface area contributed by atoms with E-state index < -0.39 is 23.1 Å². The third-order valence-electron chi connectivity index (χ3n) is 9.54. The van der Waals surface area contributed by atoms with Gasteiger partial charge in [-0.2, -0.15) is 0 Å². The molecular weight excluding hydrogens is 593 g/mol. The fourth-order valence-electron chi connectivity index (χ4n) is 6.50. The van der Waals surface area contributed by atoms with E-state index >= 15 is 0 Å². The lowest BCUT2D eigenvalue weighted by Gasteiger charge is -2.54. The van der Waals surface area contributed by atoms with Crippen molar-refractivity contribution in [2.24, 2.45) is 0 Å². The van der Waals surface area contributed by atoms with Gasteiger partial charge in [0.15, 0.2) is 20.2 Å². The molecule has 0 unspecified atom stereocenters. The summed E-state index contributed by atoms with van der Waals surface area (Å²) in [6.45, 7) is 25.4. The Morgan fingerprint density at radius 2 is 1.67 bits per heavy atom. The topological polar surface area (TPSA) is 80.5 Å². The smallest absolute Gasteiger partial charge is 0.349 e. The van der Waals surface area contributed by atoms with Gasteiger partial charge < -0.3 is 18.0 Å².